The highest BCUT2D eigenvalue weighted by Crippen LogP contribution is 2.25. The number of nitrogens with one attached hydrogen (secondary N) is 2. The molecule has 35 heavy (non-hydrogen) atoms. The maximum absolute atomic E-state index is 12.2. The van der Waals surface area contributed by atoms with Gasteiger partial charge in [0.05, 0.1) is 4.92 Å². The van der Waals surface area contributed by atoms with E-state index >= 15 is 0 Å². The number of fused-ring (bicyclic) bond motifs is 1. The number of non-ortho nitro benzene ring substituents is 1. The average Bonchev–Trinajstić information content (AvgIpc) is 2.87. The van der Waals surface area contributed by atoms with E-state index in [9.17, 15) is 19.7 Å². The first-order valence-electron chi connectivity index (χ1n) is 11.7. The highest BCUT2D eigenvalue weighted by Gasteiger charge is 2.17. The average molecular weight is 473 g/mol. The number of hydrogen-bond donors (Lipinski definition) is 2. The van der Waals surface area contributed by atoms with Gasteiger partial charge in [-0.15, -0.1) is 0 Å². The van der Waals surface area contributed by atoms with Crippen molar-refractivity contribution in [3.63, 3.8) is 0 Å². The molecule has 0 saturated carbocycles. The number of carbonyl (C=O) groups is 2. The number of nitro groups is 1. The molecule has 0 spiro atoms. The van der Waals surface area contributed by atoms with Gasteiger partial charge in [0.25, 0.3) is 5.69 Å². The number of rotatable bonds is 7. The molecular formula is C27H28N4O4. The molecule has 3 aromatic rings. The van der Waals surface area contributed by atoms with Gasteiger partial charge in [0.15, 0.2) is 0 Å². The van der Waals surface area contributed by atoms with Crippen molar-refractivity contribution in [3.8, 4) is 0 Å². The highest BCUT2D eigenvalue weighted by molar-refractivity contribution is 6.39. The van der Waals surface area contributed by atoms with Gasteiger partial charge in [-0.2, -0.15) is 0 Å². The number of carbonyl (C=O) groups excluding carboxylic acids is 2. The van der Waals surface area contributed by atoms with E-state index in [2.05, 4.69) is 64.1 Å². The molecule has 0 radical (unpaired) electrons. The van der Waals surface area contributed by atoms with Gasteiger partial charge in [-0.1, -0.05) is 36.4 Å². The smallest absolute Gasteiger partial charge is 0.313 e. The lowest BCUT2D eigenvalue weighted by Crippen LogP contribution is -2.36. The Hall–Kier alpha value is -4.20. The number of nitrogens with zero attached hydrogens (tertiary/aromatic N) is 2. The summed E-state index contributed by atoms with van der Waals surface area (Å²) < 4.78 is 0. The van der Waals surface area contributed by atoms with Crippen molar-refractivity contribution in [1.82, 2.24) is 5.32 Å². The van der Waals surface area contributed by atoms with Gasteiger partial charge >= 0.3 is 11.8 Å². The summed E-state index contributed by atoms with van der Waals surface area (Å²) in [6.45, 7) is 3.93. The molecule has 2 N–H and O–H groups in total. The van der Waals surface area contributed by atoms with Gasteiger partial charge in [0.1, 0.15) is 0 Å². The van der Waals surface area contributed by atoms with Crippen molar-refractivity contribution < 1.29 is 14.5 Å². The van der Waals surface area contributed by atoms with Crippen LogP contribution >= 0.6 is 0 Å². The summed E-state index contributed by atoms with van der Waals surface area (Å²) in [4.78, 5) is 37.0. The third-order valence-corrected chi connectivity index (χ3v) is 6.24. The first kappa shape index (κ1) is 23.9. The van der Waals surface area contributed by atoms with Crippen LogP contribution in [-0.4, -0.2) is 29.8 Å². The predicted octanol–water partition coefficient (Wildman–Crippen LogP) is 4.15. The van der Waals surface area contributed by atoms with Gasteiger partial charge in [-0.3, -0.25) is 19.7 Å². The van der Waals surface area contributed by atoms with E-state index in [4.69, 9.17) is 0 Å². The zero-order chi connectivity index (χ0) is 24.8. The molecular weight excluding hydrogens is 444 g/mol. The minimum absolute atomic E-state index is 0.0701. The fourth-order valence-electron chi connectivity index (χ4n) is 4.24. The quantitative estimate of drug-likeness (QED) is 0.233. The second kappa shape index (κ2) is 10.8. The number of hydrogen-bond acceptors (Lipinski definition) is 5. The molecule has 0 bridgehead atoms. The summed E-state index contributed by atoms with van der Waals surface area (Å²) >= 11 is 0. The van der Waals surface area contributed by atoms with E-state index in [0.29, 0.717) is 24.2 Å². The molecule has 4 rings (SSSR count). The van der Waals surface area contributed by atoms with Crippen LogP contribution in [0.5, 0.6) is 0 Å². The van der Waals surface area contributed by atoms with E-state index < -0.39 is 16.7 Å². The van der Waals surface area contributed by atoms with Crippen LogP contribution in [0.1, 0.15) is 28.7 Å². The summed E-state index contributed by atoms with van der Waals surface area (Å²) in [6.07, 6.45) is 2.54. The van der Waals surface area contributed by atoms with Crippen molar-refractivity contribution in [2.45, 2.75) is 32.7 Å². The van der Waals surface area contributed by atoms with Gasteiger partial charge in [-0.05, 0) is 66.6 Å². The maximum atomic E-state index is 12.2. The summed E-state index contributed by atoms with van der Waals surface area (Å²) in [5.74, 6) is -1.53. The van der Waals surface area contributed by atoms with E-state index in [1.807, 2.05) is 0 Å². The van der Waals surface area contributed by atoms with Gasteiger partial charge in [0, 0.05) is 43.1 Å². The summed E-state index contributed by atoms with van der Waals surface area (Å²) in [5, 5.41) is 16.0. The van der Waals surface area contributed by atoms with Crippen LogP contribution in [0.2, 0.25) is 0 Å². The normalized spacial score (nSPS) is 12.5. The Balaban J connectivity index is 1.21. The van der Waals surface area contributed by atoms with Crippen LogP contribution in [0.4, 0.5) is 17.1 Å². The molecule has 0 aliphatic carbocycles. The van der Waals surface area contributed by atoms with E-state index in [0.717, 1.165) is 25.9 Å². The Labute approximate surface area is 204 Å². The monoisotopic (exact) mass is 472 g/mol. The largest absolute Gasteiger partial charge is 0.367 e. The van der Waals surface area contributed by atoms with Crippen LogP contribution in [0.15, 0.2) is 66.7 Å². The predicted molar refractivity (Wildman–Crippen MR) is 135 cm³/mol. The molecule has 0 aromatic heterocycles. The zero-order valence-corrected chi connectivity index (χ0v) is 19.6. The van der Waals surface area contributed by atoms with Gasteiger partial charge in [0.2, 0.25) is 0 Å². The molecule has 2 amide bonds. The minimum atomic E-state index is -0.797. The number of aryl methyl sites for hydroxylation is 2. The summed E-state index contributed by atoms with van der Waals surface area (Å²) in [5.41, 5.74) is 6.00. The molecule has 8 heteroatoms. The van der Waals surface area contributed by atoms with Crippen molar-refractivity contribution in [2.75, 3.05) is 23.3 Å². The first-order valence-corrected chi connectivity index (χ1v) is 11.7. The lowest BCUT2D eigenvalue weighted by atomic mass is 9.99. The minimum Gasteiger partial charge on any atom is -0.367 e. The molecule has 3 aromatic carbocycles. The summed E-state index contributed by atoms with van der Waals surface area (Å²) in [6, 6.07) is 21.1. The molecule has 1 aliphatic heterocycles. The standard InChI is InChI=1S/C27H28N4O4/c1-19-17-24(31(34)35)12-13-25(19)29-27(33)26(32)28-15-4-5-20-8-10-23(11-9-20)30-16-14-21-6-2-3-7-22(21)18-30/h2-3,6-13,17H,4-5,14-16,18H2,1H3,(H,28,32)(H,29,33). The fraction of sp³-hybridized carbons (Fsp3) is 0.259. The second-order valence-corrected chi connectivity index (χ2v) is 8.68. The van der Waals surface area contributed by atoms with E-state index in [-0.39, 0.29) is 5.69 Å². The Morgan fingerprint density at radius 3 is 2.46 bits per heavy atom. The van der Waals surface area contributed by atoms with Crippen molar-refractivity contribution in [1.29, 1.82) is 0 Å². The molecule has 0 saturated heterocycles. The summed E-state index contributed by atoms with van der Waals surface area (Å²) in [7, 11) is 0. The van der Waals surface area contributed by atoms with Crippen molar-refractivity contribution >= 4 is 28.9 Å². The van der Waals surface area contributed by atoms with E-state index in [1.165, 1.54) is 40.6 Å². The Kier molecular flexibility index (Phi) is 7.40. The van der Waals surface area contributed by atoms with Crippen LogP contribution < -0.4 is 15.5 Å². The Bertz CT molecular complexity index is 1240. The molecule has 8 nitrogen and oxygen atoms in total. The lowest BCUT2D eigenvalue weighted by molar-refractivity contribution is -0.384. The fourth-order valence-corrected chi connectivity index (χ4v) is 4.24. The van der Waals surface area contributed by atoms with Crippen LogP contribution in [0.3, 0.4) is 0 Å². The highest BCUT2D eigenvalue weighted by atomic mass is 16.6. The van der Waals surface area contributed by atoms with Crippen molar-refractivity contribution in [3.05, 3.63) is 99.1 Å². The Morgan fingerprint density at radius 1 is 1.00 bits per heavy atom. The molecule has 1 aliphatic rings. The molecule has 0 atom stereocenters. The van der Waals surface area contributed by atoms with Gasteiger partial charge in [-0.25, -0.2) is 0 Å². The first-order chi connectivity index (χ1) is 16.9. The molecule has 1 heterocycles. The zero-order valence-electron chi connectivity index (χ0n) is 19.6. The van der Waals surface area contributed by atoms with E-state index in [1.54, 1.807) is 6.92 Å². The second-order valence-electron chi connectivity index (χ2n) is 8.68. The van der Waals surface area contributed by atoms with Gasteiger partial charge < -0.3 is 15.5 Å². The SMILES string of the molecule is Cc1cc([N+](=O)[O-])ccc1NC(=O)C(=O)NCCCc1ccc(N2CCc3ccccc3C2)cc1. The number of anilines is 2. The molecule has 180 valence electrons. The van der Waals surface area contributed by atoms with Crippen LogP contribution in [0, 0.1) is 17.0 Å². The number of benzene rings is 3. The third-order valence-electron chi connectivity index (χ3n) is 6.24. The van der Waals surface area contributed by atoms with Crippen molar-refractivity contribution in [2.24, 2.45) is 0 Å². The molecule has 0 unspecified atom stereocenters. The lowest BCUT2D eigenvalue weighted by Gasteiger charge is -2.30. The maximum Gasteiger partial charge on any atom is 0.313 e. The Morgan fingerprint density at radius 2 is 1.74 bits per heavy atom. The number of nitro benzene ring substituents is 1. The molecule has 0 fully saturated rings. The topological polar surface area (TPSA) is 105 Å². The third kappa shape index (κ3) is 6.03. The number of amides is 2. The van der Waals surface area contributed by atoms with Crippen LogP contribution in [0.25, 0.3) is 0 Å². The van der Waals surface area contributed by atoms with Crippen LogP contribution in [-0.2, 0) is 29.0 Å².